The van der Waals surface area contributed by atoms with Gasteiger partial charge in [0.2, 0.25) is 5.76 Å². The number of amides is 1. The standard InChI is InChI=1S/C5H4BrNO2.C5H2BrNO/c6-4-2-1-3(9-4)5(7)8;6-5-2-1-4(3-7)8-5/h1-2H,(H2,7,8);1-2H. The number of nitriles is 1. The van der Waals surface area contributed by atoms with Gasteiger partial charge in [-0.25, -0.2) is 0 Å². The molecule has 0 aliphatic heterocycles. The zero-order valence-electron chi connectivity index (χ0n) is 8.31. The lowest BCUT2D eigenvalue weighted by Crippen LogP contribution is -2.08. The van der Waals surface area contributed by atoms with Crippen LogP contribution in [0.2, 0.25) is 0 Å². The van der Waals surface area contributed by atoms with Crippen molar-refractivity contribution in [3.05, 3.63) is 45.1 Å². The van der Waals surface area contributed by atoms with Gasteiger partial charge >= 0.3 is 0 Å². The van der Waals surface area contributed by atoms with Crippen LogP contribution in [0, 0.1) is 11.3 Å². The Bertz CT molecular complexity index is 554. The van der Waals surface area contributed by atoms with Crippen molar-refractivity contribution in [1.82, 2.24) is 0 Å². The SMILES string of the molecule is N#Cc1ccc(Br)o1.NC(=O)c1ccc(Br)o1. The van der Waals surface area contributed by atoms with Gasteiger partial charge in [0.1, 0.15) is 6.07 Å². The summed E-state index contributed by atoms with van der Waals surface area (Å²) in [4.78, 5) is 10.3. The van der Waals surface area contributed by atoms with E-state index in [9.17, 15) is 4.79 Å². The first-order valence-corrected chi connectivity index (χ1v) is 5.82. The zero-order chi connectivity index (χ0) is 12.8. The van der Waals surface area contributed by atoms with E-state index in [1.54, 1.807) is 18.2 Å². The Morgan fingerprint density at radius 3 is 2.00 bits per heavy atom. The number of carbonyl (C=O) groups is 1. The lowest BCUT2D eigenvalue weighted by Gasteiger charge is -1.82. The van der Waals surface area contributed by atoms with E-state index in [4.69, 9.17) is 19.8 Å². The van der Waals surface area contributed by atoms with E-state index in [1.807, 2.05) is 6.07 Å². The molecule has 2 rings (SSSR count). The van der Waals surface area contributed by atoms with Crippen LogP contribution in [0.1, 0.15) is 16.3 Å². The maximum absolute atomic E-state index is 10.3. The Morgan fingerprint density at radius 2 is 1.76 bits per heavy atom. The largest absolute Gasteiger partial charge is 0.444 e. The van der Waals surface area contributed by atoms with E-state index in [2.05, 4.69) is 31.9 Å². The highest BCUT2D eigenvalue weighted by Crippen LogP contribution is 2.13. The molecule has 0 aliphatic rings. The maximum atomic E-state index is 10.3. The fourth-order valence-corrected chi connectivity index (χ4v) is 1.43. The van der Waals surface area contributed by atoms with Crippen LogP contribution >= 0.6 is 31.9 Å². The molecule has 5 nitrogen and oxygen atoms in total. The zero-order valence-corrected chi connectivity index (χ0v) is 11.5. The number of halogens is 2. The minimum atomic E-state index is -0.555. The first kappa shape index (κ1) is 13.5. The summed E-state index contributed by atoms with van der Waals surface area (Å²) in [6.07, 6.45) is 0. The fourth-order valence-electron chi connectivity index (χ4n) is 0.821. The van der Waals surface area contributed by atoms with Crippen LogP contribution in [0.25, 0.3) is 0 Å². The molecule has 1 amide bonds. The van der Waals surface area contributed by atoms with Crippen molar-refractivity contribution >= 4 is 37.8 Å². The quantitative estimate of drug-likeness (QED) is 0.844. The molecule has 2 heterocycles. The van der Waals surface area contributed by atoms with Crippen molar-refractivity contribution in [2.24, 2.45) is 5.73 Å². The van der Waals surface area contributed by atoms with Crippen molar-refractivity contribution in [2.45, 2.75) is 0 Å². The van der Waals surface area contributed by atoms with Gasteiger partial charge in [0.05, 0.1) is 0 Å². The minimum absolute atomic E-state index is 0.168. The Hall–Kier alpha value is -1.52. The van der Waals surface area contributed by atoms with Crippen LogP contribution < -0.4 is 5.73 Å². The Kier molecular flexibility index (Phi) is 5.00. The van der Waals surface area contributed by atoms with Gasteiger partial charge in [0.15, 0.2) is 15.1 Å². The van der Waals surface area contributed by atoms with E-state index in [0.29, 0.717) is 15.1 Å². The van der Waals surface area contributed by atoms with Gasteiger partial charge < -0.3 is 14.6 Å². The van der Waals surface area contributed by atoms with Gasteiger partial charge in [0, 0.05) is 0 Å². The molecule has 0 saturated carbocycles. The van der Waals surface area contributed by atoms with Gasteiger partial charge in [-0.2, -0.15) is 5.26 Å². The van der Waals surface area contributed by atoms with E-state index < -0.39 is 5.91 Å². The third kappa shape index (κ3) is 4.46. The second-order valence-electron chi connectivity index (χ2n) is 2.68. The number of furan rings is 2. The number of primary amides is 1. The maximum Gasteiger partial charge on any atom is 0.284 e. The predicted molar refractivity (Wildman–Crippen MR) is 66.0 cm³/mol. The molecule has 88 valence electrons. The van der Waals surface area contributed by atoms with E-state index in [1.165, 1.54) is 6.07 Å². The molecule has 0 atom stereocenters. The topological polar surface area (TPSA) is 93.2 Å². The normalized spacial score (nSPS) is 9.00. The first-order valence-electron chi connectivity index (χ1n) is 4.23. The van der Waals surface area contributed by atoms with E-state index >= 15 is 0 Å². The van der Waals surface area contributed by atoms with Crippen molar-refractivity contribution < 1.29 is 13.6 Å². The number of nitrogens with zero attached hydrogens (tertiary/aromatic N) is 1. The summed E-state index contributed by atoms with van der Waals surface area (Å²) in [5.74, 6) is -0.0561. The average molecular weight is 362 g/mol. The average Bonchev–Trinajstić information content (AvgIpc) is 2.88. The number of carbonyl (C=O) groups excluding carboxylic acids is 1. The van der Waals surface area contributed by atoms with Gasteiger partial charge in [-0.15, -0.1) is 0 Å². The van der Waals surface area contributed by atoms with Gasteiger partial charge in [-0.3, -0.25) is 4.79 Å². The third-order valence-corrected chi connectivity index (χ3v) is 2.35. The summed E-state index contributed by atoms with van der Waals surface area (Å²) in [6.45, 7) is 0. The molecular weight excluding hydrogens is 356 g/mol. The molecule has 0 spiro atoms. The Labute approximate surface area is 113 Å². The summed E-state index contributed by atoms with van der Waals surface area (Å²) in [5.41, 5.74) is 4.87. The smallest absolute Gasteiger partial charge is 0.284 e. The van der Waals surface area contributed by atoms with Crippen LogP contribution in [-0.4, -0.2) is 5.91 Å². The Morgan fingerprint density at radius 1 is 1.18 bits per heavy atom. The van der Waals surface area contributed by atoms with E-state index in [0.717, 1.165) is 0 Å². The van der Waals surface area contributed by atoms with Crippen molar-refractivity contribution in [3.63, 3.8) is 0 Å². The van der Waals surface area contributed by atoms with Crippen molar-refractivity contribution in [3.8, 4) is 6.07 Å². The summed E-state index contributed by atoms with van der Waals surface area (Å²) in [7, 11) is 0. The molecule has 7 heteroatoms. The fraction of sp³-hybridized carbons (Fsp3) is 0. The minimum Gasteiger partial charge on any atom is -0.444 e. The number of nitrogens with two attached hydrogens (primary N) is 1. The molecule has 0 aromatic carbocycles. The number of hydrogen-bond donors (Lipinski definition) is 1. The summed E-state index contributed by atoms with van der Waals surface area (Å²) < 4.78 is 10.7. The van der Waals surface area contributed by atoms with Crippen LogP contribution in [0.15, 0.2) is 42.4 Å². The second kappa shape index (κ2) is 6.27. The van der Waals surface area contributed by atoms with Gasteiger partial charge in [-0.1, -0.05) is 0 Å². The van der Waals surface area contributed by atoms with Crippen LogP contribution in [0.5, 0.6) is 0 Å². The highest BCUT2D eigenvalue weighted by Gasteiger charge is 2.03. The molecule has 0 radical (unpaired) electrons. The summed E-state index contributed by atoms with van der Waals surface area (Å²) in [5, 5.41) is 8.19. The predicted octanol–water partition coefficient (Wildman–Crippen LogP) is 3.05. The van der Waals surface area contributed by atoms with Gasteiger partial charge in [-0.05, 0) is 56.1 Å². The Balaban J connectivity index is 0.000000171. The molecule has 17 heavy (non-hydrogen) atoms. The summed E-state index contributed by atoms with van der Waals surface area (Å²) >= 11 is 6.08. The van der Waals surface area contributed by atoms with Gasteiger partial charge in [0.25, 0.3) is 5.91 Å². The number of hydrogen-bond acceptors (Lipinski definition) is 4. The molecule has 0 unspecified atom stereocenters. The highest BCUT2D eigenvalue weighted by molar-refractivity contribution is 9.10. The molecule has 2 N–H and O–H groups in total. The van der Waals surface area contributed by atoms with Crippen LogP contribution in [-0.2, 0) is 0 Å². The molecule has 0 aliphatic carbocycles. The van der Waals surface area contributed by atoms with E-state index in [-0.39, 0.29) is 5.76 Å². The molecule has 0 saturated heterocycles. The number of rotatable bonds is 1. The first-order chi connectivity index (χ1) is 8.02. The van der Waals surface area contributed by atoms with Crippen LogP contribution in [0.4, 0.5) is 0 Å². The van der Waals surface area contributed by atoms with Crippen molar-refractivity contribution in [1.29, 1.82) is 5.26 Å². The third-order valence-electron chi connectivity index (χ3n) is 1.50. The molecule has 0 bridgehead atoms. The summed E-state index contributed by atoms with van der Waals surface area (Å²) in [6, 6.07) is 8.25. The molecule has 0 fully saturated rings. The molecule has 2 aromatic heterocycles. The van der Waals surface area contributed by atoms with Crippen LogP contribution in [0.3, 0.4) is 0 Å². The van der Waals surface area contributed by atoms with Crippen molar-refractivity contribution in [2.75, 3.05) is 0 Å². The highest BCUT2D eigenvalue weighted by atomic mass is 79.9. The molecule has 2 aromatic rings. The second-order valence-corrected chi connectivity index (χ2v) is 4.25. The monoisotopic (exact) mass is 360 g/mol. The lowest BCUT2D eigenvalue weighted by atomic mass is 10.4. The molecular formula is C10H6Br2N2O3. The lowest BCUT2D eigenvalue weighted by molar-refractivity contribution is 0.0972.